The number of halogens is 5. The summed E-state index contributed by atoms with van der Waals surface area (Å²) >= 11 is 0. The van der Waals surface area contributed by atoms with Crippen molar-refractivity contribution in [1.29, 1.82) is 0 Å². The second kappa shape index (κ2) is 4.60. The molecule has 1 heterocycles. The van der Waals surface area contributed by atoms with E-state index in [1.54, 1.807) is 4.98 Å². The lowest BCUT2D eigenvalue weighted by atomic mass is 10.2. The summed E-state index contributed by atoms with van der Waals surface area (Å²) in [6, 6.07) is 0.288. The van der Waals surface area contributed by atoms with Crippen molar-refractivity contribution in [2.24, 2.45) is 0 Å². The Bertz CT molecular complexity index is 453. The molecule has 0 bridgehead atoms. The van der Waals surface area contributed by atoms with Crippen LogP contribution >= 0.6 is 0 Å². The Morgan fingerprint density at radius 1 is 1.35 bits per heavy atom. The number of alkyl halides is 5. The molecule has 4 nitrogen and oxygen atoms in total. The van der Waals surface area contributed by atoms with Gasteiger partial charge in [0.1, 0.15) is 0 Å². The largest absolute Gasteiger partial charge is 0.573 e. The molecule has 0 amide bonds. The Morgan fingerprint density at radius 3 is 2.35 bits per heavy atom. The quantitative estimate of drug-likeness (QED) is 0.847. The van der Waals surface area contributed by atoms with Crippen LogP contribution in [0.25, 0.3) is 0 Å². The highest BCUT2D eigenvalue weighted by Crippen LogP contribution is 2.29. The first-order chi connectivity index (χ1) is 7.74. The lowest BCUT2D eigenvalue weighted by molar-refractivity contribution is -0.275. The van der Waals surface area contributed by atoms with Gasteiger partial charge in [0.25, 0.3) is 12.0 Å². The van der Waals surface area contributed by atoms with Crippen molar-refractivity contribution in [3.05, 3.63) is 22.0 Å². The number of pyridine rings is 1. The summed E-state index contributed by atoms with van der Waals surface area (Å²) in [4.78, 5) is 12.8. The first kappa shape index (κ1) is 13.3. The summed E-state index contributed by atoms with van der Waals surface area (Å²) in [7, 11) is 0.988. The van der Waals surface area contributed by atoms with Gasteiger partial charge in [-0.25, -0.2) is 8.78 Å². The van der Waals surface area contributed by atoms with Crippen molar-refractivity contribution < 1.29 is 31.4 Å². The average Bonchev–Trinajstić information content (AvgIpc) is 2.18. The van der Waals surface area contributed by atoms with Crippen molar-refractivity contribution in [3.8, 4) is 11.6 Å². The predicted octanol–water partition coefficient (Wildman–Crippen LogP) is 2.22. The number of rotatable bonds is 3. The molecule has 0 aliphatic rings. The third kappa shape index (κ3) is 3.33. The van der Waals surface area contributed by atoms with E-state index >= 15 is 0 Å². The Hall–Kier alpha value is -1.80. The standard InChI is InChI=1S/C8H6F5NO3/c1-16-7-3(5(9)10)2-4(6(15)14-7)17-8(11,12)13/h2,5H,1H3,(H,14,15). The highest BCUT2D eigenvalue weighted by atomic mass is 19.4. The van der Waals surface area contributed by atoms with Crippen LogP contribution in [-0.4, -0.2) is 18.5 Å². The monoisotopic (exact) mass is 259 g/mol. The molecule has 0 spiro atoms. The summed E-state index contributed by atoms with van der Waals surface area (Å²) in [6.45, 7) is 0. The van der Waals surface area contributed by atoms with Crippen LogP contribution in [0, 0.1) is 0 Å². The van der Waals surface area contributed by atoms with Gasteiger partial charge in [-0.3, -0.25) is 9.78 Å². The molecule has 0 saturated carbocycles. The zero-order valence-electron chi connectivity index (χ0n) is 8.27. The molecular weight excluding hydrogens is 253 g/mol. The van der Waals surface area contributed by atoms with Crippen molar-refractivity contribution in [2.75, 3.05) is 7.11 Å². The molecule has 0 fully saturated rings. The molecule has 0 aromatic carbocycles. The number of ether oxygens (including phenoxy) is 2. The van der Waals surface area contributed by atoms with Gasteiger partial charge in [0.15, 0.2) is 5.75 Å². The molecule has 17 heavy (non-hydrogen) atoms. The minimum atomic E-state index is -5.14. The van der Waals surface area contributed by atoms with E-state index in [2.05, 4.69) is 9.47 Å². The summed E-state index contributed by atoms with van der Waals surface area (Å²) < 4.78 is 68.1. The minimum absolute atomic E-state index is 0.288. The average molecular weight is 259 g/mol. The third-order valence-electron chi connectivity index (χ3n) is 1.66. The highest BCUT2D eigenvalue weighted by molar-refractivity contribution is 5.34. The number of H-pyrrole nitrogens is 1. The molecule has 0 unspecified atom stereocenters. The fraction of sp³-hybridized carbons (Fsp3) is 0.375. The van der Waals surface area contributed by atoms with E-state index in [4.69, 9.17) is 0 Å². The molecule has 0 aliphatic carbocycles. The zero-order valence-corrected chi connectivity index (χ0v) is 8.27. The maximum Gasteiger partial charge on any atom is 0.573 e. The molecule has 1 rings (SSSR count). The minimum Gasteiger partial charge on any atom is -0.482 e. The number of hydrogen-bond acceptors (Lipinski definition) is 3. The third-order valence-corrected chi connectivity index (χ3v) is 1.66. The fourth-order valence-electron chi connectivity index (χ4n) is 1.04. The van der Waals surface area contributed by atoms with E-state index in [0.29, 0.717) is 0 Å². The van der Waals surface area contributed by atoms with Gasteiger partial charge in [0.2, 0.25) is 5.88 Å². The topological polar surface area (TPSA) is 51.3 Å². The van der Waals surface area contributed by atoms with Crippen molar-refractivity contribution in [3.63, 3.8) is 0 Å². The van der Waals surface area contributed by atoms with Crippen molar-refractivity contribution in [2.45, 2.75) is 12.8 Å². The van der Waals surface area contributed by atoms with Gasteiger partial charge in [0.05, 0.1) is 12.7 Å². The Morgan fingerprint density at radius 2 is 1.94 bits per heavy atom. The van der Waals surface area contributed by atoms with Crippen LogP contribution in [0.5, 0.6) is 11.6 Å². The molecule has 1 aromatic heterocycles. The smallest absolute Gasteiger partial charge is 0.482 e. The molecule has 0 radical (unpaired) electrons. The summed E-state index contributed by atoms with van der Waals surface area (Å²) in [5, 5.41) is 0. The van der Waals surface area contributed by atoms with Gasteiger partial charge in [0, 0.05) is 6.07 Å². The Balaban J connectivity index is 3.25. The molecule has 1 aromatic rings. The summed E-state index contributed by atoms with van der Waals surface area (Å²) in [5.74, 6) is -1.88. The van der Waals surface area contributed by atoms with Crippen LogP contribution in [0.15, 0.2) is 10.9 Å². The van der Waals surface area contributed by atoms with Crippen LogP contribution in [0.1, 0.15) is 12.0 Å². The lowest BCUT2D eigenvalue weighted by Gasteiger charge is -2.11. The van der Waals surface area contributed by atoms with Crippen LogP contribution in [0.4, 0.5) is 22.0 Å². The Kier molecular flexibility index (Phi) is 3.59. The van der Waals surface area contributed by atoms with E-state index in [9.17, 15) is 26.7 Å². The van der Waals surface area contributed by atoms with Gasteiger partial charge in [-0.15, -0.1) is 13.2 Å². The first-order valence-electron chi connectivity index (χ1n) is 4.09. The SMILES string of the molecule is COc1[nH]c(=O)c(OC(F)(F)F)cc1C(F)F. The first-order valence-corrected chi connectivity index (χ1v) is 4.09. The molecule has 0 aliphatic heterocycles. The maximum absolute atomic E-state index is 12.4. The Labute approximate surface area is 91.0 Å². The lowest BCUT2D eigenvalue weighted by Crippen LogP contribution is -2.23. The van der Waals surface area contributed by atoms with Crippen LogP contribution in [0.3, 0.4) is 0 Å². The van der Waals surface area contributed by atoms with Gasteiger partial charge < -0.3 is 9.47 Å². The molecule has 96 valence electrons. The molecule has 0 saturated heterocycles. The highest BCUT2D eigenvalue weighted by Gasteiger charge is 2.33. The molecule has 9 heteroatoms. The van der Waals surface area contributed by atoms with Gasteiger partial charge >= 0.3 is 6.36 Å². The number of nitrogens with one attached hydrogen (secondary N) is 1. The van der Waals surface area contributed by atoms with E-state index in [1.807, 2.05) is 0 Å². The molecule has 1 N–H and O–H groups in total. The fourth-order valence-corrected chi connectivity index (χ4v) is 1.04. The predicted molar refractivity (Wildman–Crippen MR) is 45.3 cm³/mol. The van der Waals surface area contributed by atoms with Crippen LogP contribution < -0.4 is 15.0 Å². The number of hydrogen-bond donors (Lipinski definition) is 1. The van der Waals surface area contributed by atoms with Gasteiger partial charge in [-0.2, -0.15) is 0 Å². The van der Waals surface area contributed by atoms with E-state index in [-0.39, 0.29) is 6.07 Å². The second-order valence-corrected chi connectivity index (χ2v) is 2.80. The second-order valence-electron chi connectivity index (χ2n) is 2.80. The van der Waals surface area contributed by atoms with Crippen molar-refractivity contribution >= 4 is 0 Å². The number of methoxy groups -OCH3 is 1. The normalized spacial score (nSPS) is 11.7. The van der Waals surface area contributed by atoms with Gasteiger partial charge in [-0.05, 0) is 0 Å². The van der Waals surface area contributed by atoms with Crippen molar-refractivity contribution in [1.82, 2.24) is 4.98 Å². The summed E-state index contributed by atoms with van der Waals surface area (Å²) in [6.07, 6.45) is -8.25. The molecule has 0 atom stereocenters. The van der Waals surface area contributed by atoms with E-state index < -0.39 is 35.5 Å². The molecular formula is C8H6F5NO3. The zero-order chi connectivity index (χ0) is 13.2. The van der Waals surface area contributed by atoms with E-state index in [0.717, 1.165) is 7.11 Å². The maximum atomic E-state index is 12.4. The van der Waals surface area contributed by atoms with Gasteiger partial charge in [-0.1, -0.05) is 0 Å². The van der Waals surface area contributed by atoms with Crippen LogP contribution in [-0.2, 0) is 0 Å². The van der Waals surface area contributed by atoms with Crippen LogP contribution in [0.2, 0.25) is 0 Å². The summed E-state index contributed by atoms with van der Waals surface area (Å²) in [5.41, 5.74) is -2.21. The van der Waals surface area contributed by atoms with E-state index in [1.165, 1.54) is 0 Å². The number of aromatic nitrogens is 1. The number of aromatic amines is 1.